The molecule has 194 valence electrons. The van der Waals surface area contributed by atoms with Crippen molar-refractivity contribution in [3.05, 3.63) is 30.6 Å². The molecule has 1 aliphatic heterocycles. The molecule has 0 saturated carbocycles. The van der Waals surface area contributed by atoms with E-state index in [4.69, 9.17) is 5.73 Å². The lowest BCUT2D eigenvalue weighted by atomic mass is 10.1. The van der Waals surface area contributed by atoms with Gasteiger partial charge in [0, 0.05) is 55.2 Å². The van der Waals surface area contributed by atoms with Gasteiger partial charge in [0.15, 0.2) is 0 Å². The van der Waals surface area contributed by atoms with Crippen molar-refractivity contribution < 1.29 is 8.42 Å². The minimum Gasteiger partial charge on any atom is -0.403 e. The normalized spacial score (nSPS) is 18.1. The predicted octanol–water partition coefficient (Wildman–Crippen LogP) is 3.59. The first-order chi connectivity index (χ1) is 16.8. The van der Waals surface area contributed by atoms with Crippen molar-refractivity contribution in [1.29, 1.82) is 0 Å². The van der Waals surface area contributed by atoms with Crippen LogP contribution in [0.2, 0.25) is 0 Å². The molecule has 3 rings (SSSR count). The Labute approximate surface area is 210 Å². The van der Waals surface area contributed by atoms with E-state index < -0.39 is 10.0 Å². The number of unbranched alkanes of at least 4 members (excludes halogenated alkanes) is 2. The SMILES string of the molecule is CCCCCC(C)N(CC)/N=C(/C)CS(=O)(=O)NC1CCN(c2cccc3c2cnn3/C=C/N)C1. The summed E-state index contributed by atoms with van der Waals surface area (Å²) in [5.41, 5.74) is 8.15. The number of rotatable bonds is 13. The summed E-state index contributed by atoms with van der Waals surface area (Å²) in [6, 6.07) is 6.19. The minimum atomic E-state index is -3.49. The van der Waals surface area contributed by atoms with Crippen LogP contribution in [0.15, 0.2) is 35.7 Å². The summed E-state index contributed by atoms with van der Waals surface area (Å²) >= 11 is 0. The fourth-order valence-corrected chi connectivity index (χ4v) is 6.14. The molecular formula is C25H41N7O2S. The zero-order valence-corrected chi connectivity index (χ0v) is 22.3. The molecule has 1 aromatic carbocycles. The number of anilines is 1. The Hall–Kier alpha value is -2.59. The number of sulfonamides is 1. The van der Waals surface area contributed by atoms with Gasteiger partial charge in [0.2, 0.25) is 10.0 Å². The third-order valence-electron chi connectivity index (χ3n) is 6.48. The van der Waals surface area contributed by atoms with Gasteiger partial charge in [-0.25, -0.2) is 17.8 Å². The average molecular weight is 504 g/mol. The van der Waals surface area contributed by atoms with Gasteiger partial charge in [-0.3, -0.25) is 5.01 Å². The third-order valence-corrected chi connectivity index (χ3v) is 7.97. The van der Waals surface area contributed by atoms with Crippen LogP contribution in [0.3, 0.4) is 0 Å². The van der Waals surface area contributed by atoms with E-state index in [0.717, 1.165) is 42.5 Å². The monoisotopic (exact) mass is 503 g/mol. The molecule has 2 unspecified atom stereocenters. The highest BCUT2D eigenvalue weighted by Crippen LogP contribution is 2.29. The van der Waals surface area contributed by atoms with Crippen molar-refractivity contribution in [2.45, 2.75) is 71.9 Å². The van der Waals surface area contributed by atoms with Gasteiger partial charge in [0.25, 0.3) is 0 Å². The van der Waals surface area contributed by atoms with Crippen LogP contribution in [0.25, 0.3) is 17.1 Å². The lowest BCUT2D eigenvalue weighted by Gasteiger charge is -2.26. The Morgan fingerprint density at radius 1 is 1.37 bits per heavy atom. The number of aromatic nitrogens is 2. The maximum absolute atomic E-state index is 12.9. The zero-order valence-electron chi connectivity index (χ0n) is 21.5. The smallest absolute Gasteiger partial charge is 0.217 e. The van der Waals surface area contributed by atoms with Crippen molar-refractivity contribution in [3.63, 3.8) is 0 Å². The summed E-state index contributed by atoms with van der Waals surface area (Å²) in [7, 11) is -3.49. The molecule has 1 aliphatic rings. The van der Waals surface area contributed by atoms with Gasteiger partial charge in [-0.1, -0.05) is 32.3 Å². The van der Waals surface area contributed by atoms with Crippen LogP contribution < -0.4 is 15.4 Å². The quantitative estimate of drug-likeness (QED) is 0.246. The largest absolute Gasteiger partial charge is 0.403 e. The van der Waals surface area contributed by atoms with E-state index >= 15 is 0 Å². The molecule has 10 heteroatoms. The summed E-state index contributed by atoms with van der Waals surface area (Å²) in [5, 5.41) is 12.1. The molecule has 2 atom stereocenters. The Bertz CT molecular complexity index is 1130. The first kappa shape index (κ1) is 27.0. The predicted molar refractivity (Wildman–Crippen MR) is 146 cm³/mol. The standard InChI is InChI=1S/C25H41N7O2S/c1-5-7-8-10-21(4)31(6-2)28-20(3)19-35(33,34)29-22-13-15-30(18-22)24-11-9-12-25-23(24)17-27-32(25)16-14-26/h9,11-12,14,16-17,21-22,29H,5-8,10,13,15,18-19,26H2,1-4H3/b16-14+,28-20-. The molecule has 2 heterocycles. The summed E-state index contributed by atoms with van der Waals surface area (Å²) in [5.74, 6) is -0.0878. The number of nitrogens with two attached hydrogens (primary N) is 1. The van der Waals surface area contributed by atoms with Gasteiger partial charge < -0.3 is 10.6 Å². The van der Waals surface area contributed by atoms with Crippen molar-refractivity contribution in [2.24, 2.45) is 10.8 Å². The fourth-order valence-electron chi connectivity index (χ4n) is 4.75. The molecule has 2 aromatic rings. The van der Waals surface area contributed by atoms with Crippen molar-refractivity contribution in [3.8, 4) is 0 Å². The van der Waals surface area contributed by atoms with Gasteiger partial charge in [-0.05, 0) is 45.7 Å². The highest BCUT2D eigenvalue weighted by atomic mass is 32.2. The molecule has 1 aromatic heterocycles. The number of benzene rings is 1. The van der Waals surface area contributed by atoms with E-state index in [1.165, 1.54) is 25.5 Å². The topological polar surface area (TPSA) is 109 Å². The van der Waals surface area contributed by atoms with Crippen molar-refractivity contribution >= 4 is 38.5 Å². The van der Waals surface area contributed by atoms with Crippen LogP contribution in [0.4, 0.5) is 5.69 Å². The number of hydrazone groups is 1. The fraction of sp³-hybridized carbons (Fsp3) is 0.600. The van der Waals surface area contributed by atoms with E-state index in [0.29, 0.717) is 18.3 Å². The summed E-state index contributed by atoms with van der Waals surface area (Å²) in [4.78, 5) is 2.21. The van der Waals surface area contributed by atoms with E-state index in [1.807, 2.05) is 23.3 Å². The number of fused-ring (bicyclic) bond motifs is 1. The van der Waals surface area contributed by atoms with Crippen LogP contribution in [-0.2, 0) is 10.0 Å². The van der Waals surface area contributed by atoms with Crippen LogP contribution in [0, 0.1) is 0 Å². The van der Waals surface area contributed by atoms with Crippen molar-refractivity contribution in [2.75, 3.05) is 30.3 Å². The Morgan fingerprint density at radius 2 is 2.17 bits per heavy atom. The van der Waals surface area contributed by atoms with Crippen LogP contribution in [0.1, 0.15) is 59.8 Å². The number of nitrogens with zero attached hydrogens (tertiary/aromatic N) is 5. The highest BCUT2D eigenvalue weighted by Gasteiger charge is 2.28. The van der Waals surface area contributed by atoms with E-state index in [2.05, 4.69) is 46.7 Å². The van der Waals surface area contributed by atoms with E-state index in [1.54, 1.807) is 17.8 Å². The summed E-state index contributed by atoms with van der Waals surface area (Å²) in [6.45, 7) is 10.4. The second-order valence-electron chi connectivity index (χ2n) is 9.38. The molecule has 35 heavy (non-hydrogen) atoms. The second-order valence-corrected chi connectivity index (χ2v) is 11.1. The molecule has 3 N–H and O–H groups in total. The van der Waals surface area contributed by atoms with Crippen LogP contribution in [-0.4, -0.2) is 66.4 Å². The zero-order chi connectivity index (χ0) is 25.4. The van der Waals surface area contributed by atoms with Gasteiger partial charge in [-0.15, -0.1) is 0 Å². The molecule has 1 saturated heterocycles. The van der Waals surface area contributed by atoms with E-state index in [9.17, 15) is 8.42 Å². The lowest BCUT2D eigenvalue weighted by molar-refractivity contribution is 0.215. The Balaban J connectivity index is 1.61. The molecule has 0 spiro atoms. The molecule has 0 radical (unpaired) electrons. The number of nitrogens with one attached hydrogen (secondary N) is 1. The molecular weight excluding hydrogens is 462 g/mol. The minimum absolute atomic E-state index is 0.0878. The first-order valence-electron chi connectivity index (χ1n) is 12.7. The number of hydrogen-bond acceptors (Lipinski definition) is 7. The van der Waals surface area contributed by atoms with E-state index in [-0.39, 0.29) is 11.8 Å². The maximum atomic E-state index is 12.9. The molecule has 9 nitrogen and oxygen atoms in total. The third kappa shape index (κ3) is 7.20. The van der Waals surface area contributed by atoms with Crippen LogP contribution in [0.5, 0.6) is 0 Å². The molecule has 1 fully saturated rings. The molecule has 0 amide bonds. The van der Waals surface area contributed by atoms with Gasteiger partial charge in [0.05, 0.1) is 17.4 Å². The molecule has 0 bridgehead atoms. The van der Waals surface area contributed by atoms with Gasteiger partial charge in [0.1, 0.15) is 5.75 Å². The maximum Gasteiger partial charge on any atom is 0.217 e. The second kappa shape index (κ2) is 12.4. The van der Waals surface area contributed by atoms with Crippen molar-refractivity contribution in [1.82, 2.24) is 19.5 Å². The average Bonchev–Trinajstić information content (AvgIpc) is 3.44. The summed E-state index contributed by atoms with van der Waals surface area (Å²) in [6.07, 6.45) is 10.4. The molecule has 0 aliphatic carbocycles. The first-order valence-corrected chi connectivity index (χ1v) is 14.3. The van der Waals surface area contributed by atoms with Gasteiger partial charge >= 0.3 is 0 Å². The summed E-state index contributed by atoms with van der Waals surface area (Å²) < 4.78 is 30.5. The number of hydrogen-bond donors (Lipinski definition) is 2. The Kier molecular flexibility index (Phi) is 9.56. The Morgan fingerprint density at radius 3 is 2.89 bits per heavy atom. The highest BCUT2D eigenvalue weighted by molar-refractivity contribution is 7.90. The van der Waals surface area contributed by atoms with Gasteiger partial charge in [-0.2, -0.15) is 10.2 Å². The van der Waals surface area contributed by atoms with Crippen LogP contribution >= 0.6 is 0 Å². The lowest BCUT2D eigenvalue weighted by Crippen LogP contribution is -2.40.